The van der Waals surface area contributed by atoms with Crippen molar-refractivity contribution in [2.75, 3.05) is 26.7 Å². The van der Waals surface area contributed by atoms with Crippen molar-refractivity contribution >= 4 is 17.2 Å². The summed E-state index contributed by atoms with van der Waals surface area (Å²) in [5.41, 5.74) is 1.06. The minimum Gasteiger partial charge on any atom is -0.497 e. The Morgan fingerprint density at radius 3 is 3.23 bits per heavy atom. The highest BCUT2D eigenvalue weighted by molar-refractivity contribution is 7.15. The van der Waals surface area contributed by atoms with Crippen LogP contribution in [0.5, 0.6) is 5.75 Å². The molecule has 0 atom stereocenters. The van der Waals surface area contributed by atoms with Crippen LogP contribution in [0.25, 0.3) is 10.6 Å². The standard InChI is InChI=1S/C16H19N3O2S/c1-21-13-5-2-4-12(8-13)16-18-9-14(22-16)10-19-7-3-6-17-15(20)11-19/h2,4-5,8-9H,3,6-7,10-11H2,1H3,(H,17,20). The van der Waals surface area contributed by atoms with Crippen LogP contribution >= 0.6 is 11.3 Å². The van der Waals surface area contributed by atoms with Gasteiger partial charge in [-0.05, 0) is 18.6 Å². The molecule has 2 aromatic rings. The van der Waals surface area contributed by atoms with E-state index in [1.54, 1.807) is 18.4 Å². The van der Waals surface area contributed by atoms with Gasteiger partial charge < -0.3 is 10.1 Å². The molecule has 0 aliphatic carbocycles. The second-order valence-corrected chi connectivity index (χ2v) is 6.39. The van der Waals surface area contributed by atoms with Gasteiger partial charge in [0.25, 0.3) is 0 Å². The van der Waals surface area contributed by atoms with E-state index in [1.165, 1.54) is 4.88 Å². The van der Waals surface area contributed by atoms with Crippen LogP contribution < -0.4 is 10.1 Å². The molecule has 0 bridgehead atoms. The van der Waals surface area contributed by atoms with E-state index in [1.807, 2.05) is 30.5 Å². The summed E-state index contributed by atoms with van der Waals surface area (Å²) in [5.74, 6) is 0.938. The number of ether oxygens (including phenoxy) is 1. The van der Waals surface area contributed by atoms with Gasteiger partial charge in [-0.2, -0.15) is 0 Å². The summed E-state index contributed by atoms with van der Waals surface area (Å²) in [4.78, 5) is 19.5. The number of aromatic nitrogens is 1. The maximum atomic E-state index is 11.6. The minimum absolute atomic E-state index is 0.107. The fraction of sp³-hybridized carbons (Fsp3) is 0.375. The molecule has 5 nitrogen and oxygen atoms in total. The second-order valence-electron chi connectivity index (χ2n) is 5.28. The minimum atomic E-state index is 0.107. The molecule has 0 unspecified atom stereocenters. The van der Waals surface area contributed by atoms with Crippen LogP contribution in [0.3, 0.4) is 0 Å². The molecule has 2 heterocycles. The molecule has 1 aromatic heterocycles. The second kappa shape index (κ2) is 6.89. The SMILES string of the molecule is COc1cccc(-c2ncc(CN3CCCNC(=O)C3)s2)c1. The van der Waals surface area contributed by atoms with Gasteiger partial charge in [-0.25, -0.2) is 4.98 Å². The van der Waals surface area contributed by atoms with Crippen LogP contribution in [-0.4, -0.2) is 42.5 Å². The number of hydrogen-bond donors (Lipinski definition) is 1. The maximum Gasteiger partial charge on any atom is 0.234 e. The highest BCUT2D eigenvalue weighted by Crippen LogP contribution is 2.28. The van der Waals surface area contributed by atoms with Crippen molar-refractivity contribution in [2.24, 2.45) is 0 Å². The van der Waals surface area contributed by atoms with Gasteiger partial charge in [0.1, 0.15) is 10.8 Å². The zero-order valence-electron chi connectivity index (χ0n) is 12.5. The first-order valence-corrected chi connectivity index (χ1v) is 8.14. The normalized spacial score (nSPS) is 16.1. The number of amides is 1. The first-order chi connectivity index (χ1) is 10.7. The van der Waals surface area contributed by atoms with E-state index in [9.17, 15) is 4.79 Å². The zero-order chi connectivity index (χ0) is 15.4. The lowest BCUT2D eigenvalue weighted by Gasteiger charge is -2.16. The van der Waals surface area contributed by atoms with Crippen molar-refractivity contribution in [2.45, 2.75) is 13.0 Å². The van der Waals surface area contributed by atoms with Crippen LogP contribution in [0.1, 0.15) is 11.3 Å². The lowest BCUT2D eigenvalue weighted by Crippen LogP contribution is -2.32. The van der Waals surface area contributed by atoms with Gasteiger partial charge in [0.15, 0.2) is 0 Å². The third-order valence-corrected chi connectivity index (χ3v) is 4.62. The van der Waals surface area contributed by atoms with Crippen molar-refractivity contribution in [3.8, 4) is 16.3 Å². The van der Waals surface area contributed by atoms with E-state index < -0.39 is 0 Å². The molecular weight excluding hydrogens is 298 g/mol. The molecule has 22 heavy (non-hydrogen) atoms. The number of hydrogen-bond acceptors (Lipinski definition) is 5. The van der Waals surface area contributed by atoms with E-state index in [0.29, 0.717) is 6.54 Å². The van der Waals surface area contributed by atoms with E-state index in [0.717, 1.165) is 42.4 Å². The van der Waals surface area contributed by atoms with E-state index in [2.05, 4.69) is 15.2 Å². The van der Waals surface area contributed by atoms with Crippen molar-refractivity contribution in [1.82, 2.24) is 15.2 Å². The van der Waals surface area contributed by atoms with Gasteiger partial charge in [0, 0.05) is 36.3 Å². The third kappa shape index (κ3) is 3.64. The molecule has 1 amide bonds. The summed E-state index contributed by atoms with van der Waals surface area (Å²) in [6.07, 6.45) is 2.90. The highest BCUT2D eigenvalue weighted by atomic mass is 32.1. The quantitative estimate of drug-likeness (QED) is 0.939. The molecule has 1 aliphatic heterocycles. The Morgan fingerprint density at radius 1 is 1.45 bits per heavy atom. The Morgan fingerprint density at radius 2 is 2.36 bits per heavy atom. The van der Waals surface area contributed by atoms with Gasteiger partial charge >= 0.3 is 0 Å². The first kappa shape index (κ1) is 15.0. The molecule has 116 valence electrons. The van der Waals surface area contributed by atoms with E-state index in [-0.39, 0.29) is 5.91 Å². The molecule has 1 N–H and O–H groups in total. The molecule has 0 radical (unpaired) electrons. The van der Waals surface area contributed by atoms with Crippen LogP contribution in [0, 0.1) is 0 Å². The number of benzene rings is 1. The van der Waals surface area contributed by atoms with Gasteiger partial charge in [-0.1, -0.05) is 12.1 Å². The summed E-state index contributed by atoms with van der Waals surface area (Å²) in [5, 5.41) is 3.88. The van der Waals surface area contributed by atoms with Crippen LogP contribution in [0.2, 0.25) is 0 Å². The molecule has 1 aliphatic rings. The average molecular weight is 317 g/mol. The molecule has 3 rings (SSSR count). The fourth-order valence-electron chi connectivity index (χ4n) is 2.49. The topological polar surface area (TPSA) is 54.5 Å². The first-order valence-electron chi connectivity index (χ1n) is 7.33. The van der Waals surface area contributed by atoms with Crippen molar-refractivity contribution in [3.63, 3.8) is 0 Å². The maximum absolute atomic E-state index is 11.6. The number of carbonyl (C=O) groups excluding carboxylic acids is 1. The van der Waals surface area contributed by atoms with Gasteiger partial charge in [0.2, 0.25) is 5.91 Å². The van der Waals surface area contributed by atoms with Crippen LogP contribution in [0.4, 0.5) is 0 Å². The van der Waals surface area contributed by atoms with E-state index >= 15 is 0 Å². The Balaban J connectivity index is 1.71. The highest BCUT2D eigenvalue weighted by Gasteiger charge is 2.16. The Kier molecular flexibility index (Phi) is 4.70. The molecule has 0 spiro atoms. The monoisotopic (exact) mass is 317 g/mol. The Bertz CT molecular complexity index is 656. The largest absolute Gasteiger partial charge is 0.497 e. The molecule has 1 saturated heterocycles. The lowest BCUT2D eigenvalue weighted by molar-refractivity contribution is -0.121. The summed E-state index contributed by atoms with van der Waals surface area (Å²) < 4.78 is 5.25. The zero-order valence-corrected chi connectivity index (χ0v) is 13.4. The summed E-state index contributed by atoms with van der Waals surface area (Å²) >= 11 is 1.67. The molecular formula is C16H19N3O2S. The predicted octanol–water partition coefficient (Wildman–Crippen LogP) is 2.14. The molecule has 1 fully saturated rings. The number of carbonyl (C=O) groups is 1. The number of nitrogens with one attached hydrogen (secondary N) is 1. The predicted molar refractivity (Wildman–Crippen MR) is 87.0 cm³/mol. The Hall–Kier alpha value is -1.92. The van der Waals surface area contributed by atoms with Crippen molar-refractivity contribution in [1.29, 1.82) is 0 Å². The third-order valence-electron chi connectivity index (χ3n) is 3.59. The van der Waals surface area contributed by atoms with Gasteiger partial charge in [-0.3, -0.25) is 9.69 Å². The van der Waals surface area contributed by atoms with Gasteiger partial charge in [-0.15, -0.1) is 11.3 Å². The fourth-order valence-corrected chi connectivity index (χ4v) is 3.45. The lowest BCUT2D eigenvalue weighted by atomic mass is 10.2. The number of methoxy groups -OCH3 is 1. The molecule has 6 heteroatoms. The smallest absolute Gasteiger partial charge is 0.234 e. The van der Waals surface area contributed by atoms with Gasteiger partial charge in [0.05, 0.1) is 13.7 Å². The summed E-state index contributed by atoms with van der Waals surface area (Å²) in [6, 6.07) is 7.91. The number of thiazole rings is 1. The number of nitrogens with zero attached hydrogens (tertiary/aromatic N) is 2. The Labute approximate surface area is 133 Å². The van der Waals surface area contributed by atoms with Crippen LogP contribution in [0.15, 0.2) is 30.5 Å². The summed E-state index contributed by atoms with van der Waals surface area (Å²) in [7, 11) is 1.66. The van der Waals surface area contributed by atoms with Crippen molar-refractivity contribution in [3.05, 3.63) is 35.3 Å². The van der Waals surface area contributed by atoms with Crippen LogP contribution in [-0.2, 0) is 11.3 Å². The molecule has 0 saturated carbocycles. The number of rotatable bonds is 4. The van der Waals surface area contributed by atoms with E-state index in [4.69, 9.17) is 4.74 Å². The average Bonchev–Trinajstić information content (AvgIpc) is 2.90. The summed E-state index contributed by atoms with van der Waals surface area (Å²) in [6.45, 7) is 2.94. The molecule has 1 aromatic carbocycles. The van der Waals surface area contributed by atoms with Crippen molar-refractivity contribution < 1.29 is 9.53 Å².